The Morgan fingerprint density at radius 1 is 1.19 bits per heavy atom. The molecule has 1 aromatic heterocycles. The lowest BCUT2D eigenvalue weighted by atomic mass is 9.92. The number of rotatable bonds is 2. The van der Waals surface area contributed by atoms with Crippen LogP contribution in [0.1, 0.15) is 26.5 Å². The third kappa shape index (κ3) is 4.68. The van der Waals surface area contributed by atoms with E-state index in [2.05, 4.69) is 15.8 Å². The number of amides is 2. The van der Waals surface area contributed by atoms with Gasteiger partial charge in [-0.05, 0) is 24.3 Å². The molecular weight excluding hydrogens is 292 g/mol. The minimum Gasteiger partial charge on any atom is -0.399 e. The fraction of sp³-hybridized carbons (Fsp3) is 0.286. The number of halogens is 1. The average Bonchev–Trinajstić information content (AvgIpc) is 2.80. The minimum atomic E-state index is -0.397. The highest BCUT2D eigenvalue weighted by Crippen LogP contribution is 2.23. The molecule has 114 valence electrons. The summed E-state index contributed by atoms with van der Waals surface area (Å²) in [5, 5.41) is 9.18. The zero-order valence-corrected chi connectivity index (χ0v) is 13.0. The van der Waals surface area contributed by atoms with Gasteiger partial charge in [0.2, 0.25) is 5.88 Å². The highest BCUT2D eigenvalue weighted by Gasteiger charge is 2.19. The summed E-state index contributed by atoms with van der Waals surface area (Å²) in [6, 6.07) is 8.17. The second-order valence-electron chi connectivity index (χ2n) is 5.53. The van der Waals surface area contributed by atoms with E-state index in [1.807, 2.05) is 20.8 Å². The van der Waals surface area contributed by atoms with Crippen molar-refractivity contribution in [3.8, 4) is 0 Å². The molecule has 0 fully saturated rings. The number of urea groups is 1. The van der Waals surface area contributed by atoms with E-state index in [0.717, 1.165) is 5.69 Å². The van der Waals surface area contributed by atoms with E-state index >= 15 is 0 Å². The molecular formula is C14H19ClN4O2. The van der Waals surface area contributed by atoms with Crippen molar-refractivity contribution in [3.63, 3.8) is 0 Å². The molecule has 0 saturated carbocycles. The standard InChI is InChI=1S/C14H18N4O2.ClH/c1-14(2,3)11-8-12(20-18-11)17-13(19)16-10-6-4-9(15)5-7-10;/h4-8H,15H2,1-3H3,(H2,16,17,19);1H. The molecule has 0 bridgehead atoms. The van der Waals surface area contributed by atoms with Crippen molar-refractivity contribution >= 4 is 35.7 Å². The summed E-state index contributed by atoms with van der Waals surface area (Å²) in [6.45, 7) is 6.05. The summed E-state index contributed by atoms with van der Waals surface area (Å²) < 4.78 is 5.08. The van der Waals surface area contributed by atoms with Gasteiger partial charge in [0, 0.05) is 22.9 Å². The molecule has 2 amide bonds. The summed E-state index contributed by atoms with van der Waals surface area (Å²) in [5.74, 6) is 0.308. The van der Waals surface area contributed by atoms with E-state index in [1.54, 1.807) is 30.3 Å². The van der Waals surface area contributed by atoms with Gasteiger partial charge in [-0.2, -0.15) is 0 Å². The molecule has 7 heteroatoms. The lowest BCUT2D eigenvalue weighted by molar-refractivity contribution is 0.261. The van der Waals surface area contributed by atoms with Gasteiger partial charge < -0.3 is 15.6 Å². The fourth-order valence-corrected chi connectivity index (χ4v) is 1.53. The molecule has 4 N–H and O–H groups in total. The molecule has 1 aromatic carbocycles. The van der Waals surface area contributed by atoms with Crippen molar-refractivity contribution in [1.29, 1.82) is 0 Å². The van der Waals surface area contributed by atoms with E-state index in [1.165, 1.54) is 0 Å². The number of carbonyl (C=O) groups is 1. The van der Waals surface area contributed by atoms with Crippen LogP contribution in [0.4, 0.5) is 22.1 Å². The van der Waals surface area contributed by atoms with Gasteiger partial charge in [-0.25, -0.2) is 4.79 Å². The number of aromatic nitrogens is 1. The third-order valence-corrected chi connectivity index (χ3v) is 2.68. The van der Waals surface area contributed by atoms with Crippen molar-refractivity contribution in [2.75, 3.05) is 16.4 Å². The van der Waals surface area contributed by atoms with E-state index in [4.69, 9.17) is 10.3 Å². The van der Waals surface area contributed by atoms with Gasteiger partial charge in [0.1, 0.15) is 0 Å². The van der Waals surface area contributed by atoms with E-state index in [9.17, 15) is 4.79 Å². The second kappa shape index (κ2) is 6.49. The molecule has 0 spiro atoms. The Bertz CT molecular complexity index is 602. The number of hydrogen-bond donors (Lipinski definition) is 3. The van der Waals surface area contributed by atoms with E-state index < -0.39 is 6.03 Å². The van der Waals surface area contributed by atoms with Gasteiger partial charge in [0.05, 0.1) is 5.69 Å². The van der Waals surface area contributed by atoms with Gasteiger partial charge >= 0.3 is 6.03 Å². The van der Waals surface area contributed by atoms with Crippen LogP contribution >= 0.6 is 12.4 Å². The molecule has 0 saturated heterocycles. The number of nitrogens with two attached hydrogens (primary N) is 1. The summed E-state index contributed by atoms with van der Waals surface area (Å²) in [7, 11) is 0. The van der Waals surface area contributed by atoms with Crippen LogP contribution in [-0.4, -0.2) is 11.2 Å². The summed E-state index contributed by atoms with van der Waals surface area (Å²) in [5.41, 5.74) is 7.51. The Kier molecular flexibility index (Phi) is 5.21. The normalized spacial score (nSPS) is 10.6. The number of hydrogen-bond acceptors (Lipinski definition) is 4. The Balaban J connectivity index is 0.00000220. The second-order valence-corrected chi connectivity index (χ2v) is 5.53. The first kappa shape index (κ1) is 16.8. The monoisotopic (exact) mass is 310 g/mol. The zero-order valence-electron chi connectivity index (χ0n) is 12.1. The first-order chi connectivity index (χ1) is 9.34. The van der Waals surface area contributed by atoms with Crippen LogP contribution < -0.4 is 16.4 Å². The zero-order chi connectivity index (χ0) is 14.8. The van der Waals surface area contributed by atoms with Crippen LogP contribution in [0.3, 0.4) is 0 Å². The van der Waals surface area contributed by atoms with Crippen molar-refractivity contribution in [1.82, 2.24) is 5.16 Å². The Labute approximate surface area is 129 Å². The topological polar surface area (TPSA) is 93.2 Å². The number of carbonyl (C=O) groups excluding carboxylic acids is 1. The average molecular weight is 311 g/mol. The first-order valence-electron chi connectivity index (χ1n) is 6.25. The molecule has 0 aliphatic rings. The van der Waals surface area contributed by atoms with E-state index in [0.29, 0.717) is 17.3 Å². The van der Waals surface area contributed by atoms with Crippen LogP contribution in [0, 0.1) is 0 Å². The Hall–Kier alpha value is -2.21. The van der Waals surface area contributed by atoms with Crippen molar-refractivity contribution in [2.24, 2.45) is 0 Å². The lowest BCUT2D eigenvalue weighted by Crippen LogP contribution is -2.19. The lowest BCUT2D eigenvalue weighted by Gasteiger charge is -2.12. The molecule has 2 aromatic rings. The Morgan fingerprint density at radius 2 is 1.81 bits per heavy atom. The van der Waals surface area contributed by atoms with Gasteiger partial charge in [-0.3, -0.25) is 5.32 Å². The number of anilines is 3. The van der Waals surface area contributed by atoms with Crippen molar-refractivity contribution < 1.29 is 9.32 Å². The van der Waals surface area contributed by atoms with Gasteiger partial charge in [0.25, 0.3) is 0 Å². The summed E-state index contributed by atoms with van der Waals surface area (Å²) in [4.78, 5) is 11.8. The smallest absolute Gasteiger partial charge is 0.326 e. The molecule has 0 aliphatic carbocycles. The minimum absolute atomic E-state index is 0. The van der Waals surface area contributed by atoms with Gasteiger partial charge in [0.15, 0.2) is 0 Å². The maximum atomic E-state index is 11.8. The molecule has 21 heavy (non-hydrogen) atoms. The quantitative estimate of drug-likeness (QED) is 0.738. The molecule has 6 nitrogen and oxygen atoms in total. The Morgan fingerprint density at radius 3 is 2.33 bits per heavy atom. The number of nitrogens with one attached hydrogen (secondary N) is 2. The highest BCUT2D eigenvalue weighted by molar-refractivity contribution is 5.98. The molecule has 0 aliphatic heterocycles. The fourth-order valence-electron chi connectivity index (χ4n) is 1.53. The van der Waals surface area contributed by atoms with Crippen LogP contribution in [0.25, 0.3) is 0 Å². The molecule has 0 atom stereocenters. The maximum absolute atomic E-state index is 11.8. The molecule has 0 unspecified atom stereocenters. The molecule has 1 heterocycles. The molecule has 2 rings (SSSR count). The van der Waals surface area contributed by atoms with Crippen LogP contribution in [0.2, 0.25) is 0 Å². The van der Waals surface area contributed by atoms with Crippen molar-refractivity contribution in [2.45, 2.75) is 26.2 Å². The van der Waals surface area contributed by atoms with Crippen LogP contribution in [-0.2, 0) is 5.41 Å². The van der Waals surface area contributed by atoms with Crippen LogP contribution in [0.5, 0.6) is 0 Å². The van der Waals surface area contributed by atoms with Gasteiger partial charge in [-0.15, -0.1) is 12.4 Å². The van der Waals surface area contributed by atoms with E-state index in [-0.39, 0.29) is 17.8 Å². The van der Waals surface area contributed by atoms with Gasteiger partial charge in [-0.1, -0.05) is 25.9 Å². The summed E-state index contributed by atoms with van der Waals surface area (Å²) >= 11 is 0. The maximum Gasteiger partial charge on any atom is 0.326 e. The predicted molar refractivity (Wildman–Crippen MR) is 85.9 cm³/mol. The first-order valence-corrected chi connectivity index (χ1v) is 6.25. The number of nitrogen functional groups attached to an aromatic ring is 1. The predicted octanol–water partition coefficient (Wildman–Crippen LogP) is 3.62. The number of nitrogens with zero attached hydrogens (tertiary/aromatic N) is 1. The molecule has 0 radical (unpaired) electrons. The number of benzene rings is 1. The largest absolute Gasteiger partial charge is 0.399 e. The van der Waals surface area contributed by atoms with Crippen molar-refractivity contribution in [3.05, 3.63) is 36.0 Å². The van der Waals surface area contributed by atoms with Crippen LogP contribution in [0.15, 0.2) is 34.9 Å². The highest BCUT2D eigenvalue weighted by atomic mass is 35.5. The SMILES string of the molecule is CC(C)(C)c1cc(NC(=O)Nc2ccc(N)cc2)on1.Cl. The summed E-state index contributed by atoms with van der Waals surface area (Å²) in [6.07, 6.45) is 0. The third-order valence-electron chi connectivity index (χ3n) is 2.68.